The Morgan fingerprint density at radius 3 is 1.72 bits per heavy atom. The average Bonchev–Trinajstić information content (AvgIpc) is 3.74. The quantitative estimate of drug-likeness (QED) is 0.185. The highest BCUT2D eigenvalue weighted by Crippen LogP contribution is 2.39. The Kier molecular flexibility index (Phi) is 6.65. The number of thiazole rings is 1. The molecule has 0 fully saturated rings. The molecular weight excluding hydrogens is 593 g/mol. The lowest BCUT2D eigenvalue weighted by Crippen LogP contribution is -2.09. The monoisotopic (exact) mass is 620 g/mol. The van der Waals surface area contributed by atoms with Crippen molar-refractivity contribution in [1.82, 2.24) is 4.98 Å². The molecule has 9 aromatic rings. The van der Waals surface area contributed by atoms with Gasteiger partial charge in [-0.25, -0.2) is 4.98 Å². The maximum atomic E-state index is 6.33. The number of furan rings is 1. The molecule has 0 radical (unpaired) electrons. The van der Waals surface area contributed by atoms with Crippen molar-refractivity contribution in [2.75, 3.05) is 4.90 Å². The van der Waals surface area contributed by atoms with Crippen LogP contribution >= 0.6 is 11.3 Å². The standard InChI is InChI=1S/C43H28N2OS/c1-3-9-29(10-4-1)30-15-21-35(22-16-30)45(34-11-5-2-6-12-34)36-23-17-31(18-24-36)32-20-26-40-38(27-32)37-25-19-33(28-41(37)46-40)43-44-39-13-7-8-14-42(39)47-43/h1-28H. The van der Waals surface area contributed by atoms with Gasteiger partial charge in [0.05, 0.1) is 10.2 Å². The predicted molar refractivity (Wildman–Crippen MR) is 198 cm³/mol. The van der Waals surface area contributed by atoms with Crippen LogP contribution in [0.1, 0.15) is 0 Å². The van der Waals surface area contributed by atoms with Crippen LogP contribution in [0.15, 0.2) is 174 Å². The van der Waals surface area contributed by atoms with Crippen LogP contribution < -0.4 is 4.90 Å². The van der Waals surface area contributed by atoms with Crippen LogP contribution in [0.3, 0.4) is 0 Å². The van der Waals surface area contributed by atoms with Crippen molar-refractivity contribution in [3.05, 3.63) is 170 Å². The summed E-state index contributed by atoms with van der Waals surface area (Å²) in [5, 5.41) is 3.23. The fraction of sp³-hybridized carbons (Fsp3) is 0. The van der Waals surface area contributed by atoms with Crippen LogP contribution in [0.4, 0.5) is 17.1 Å². The van der Waals surface area contributed by atoms with Gasteiger partial charge in [0.1, 0.15) is 16.2 Å². The summed E-state index contributed by atoms with van der Waals surface area (Å²) in [4.78, 5) is 7.15. The number of hydrogen-bond donors (Lipinski definition) is 0. The smallest absolute Gasteiger partial charge is 0.136 e. The maximum Gasteiger partial charge on any atom is 0.136 e. The second-order valence-electron chi connectivity index (χ2n) is 11.6. The summed E-state index contributed by atoms with van der Waals surface area (Å²) >= 11 is 1.71. The van der Waals surface area contributed by atoms with E-state index in [2.05, 4.69) is 169 Å². The van der Waals surface area contributed by atoms with E-state index in [1.54, 1.807) is 11.3 Å². The number of anilines is 3. The zero-order valence-corrected chi connectivity index (χ0v) is 26.2. The number of benzene rings is 7. The highest BCUT2D eigenvalue weighted by molar-refractivity contribution is 7.21. The summed E-state index contributed by atoms with van der Waals surface area (Å²) in [5.41, 5.74) is 11.9. The van der Waals surface area contributed by atoms with E-state index >= 15 is 0 Å². The van der Waals surface area contributed by atoms with Gasteiger partial charge in [-0.1, -0.05) is 97.1 Å². The molecule has 0 saturated carbocycles. The van der Waals surface area contributed by atoms with Crippen molar-refractivity contribution < 1.29 is 4.42 Å². The first-order valence-corrected chi connectivity index (χ1v) is 16.5. The van der Waals surface area contributed by atoms with Crippen LogP contribution in [0, 0.1) is 0 Å². The van der Waals surface area contributed by atoms with Crippen LogP contribution in [0.25, 0.3) is 65.0 Å². The molecule has 47 heavy (non-hydrogen) atoms. The van der Waals surface area contributed by atoms with E-state index in [-0.39, 0.29) is 0 Å². The molecule has 0 atom stereocenters. The normalized spacial score (nSPS) is 11.4. The molecule has 0 saturated heterocycles. The molecule has 222 valence electrons. The van der Waals surface area contributed by atoms with E-state index in [9.17, 15) is 0 Å². The molecule has 0 amide bonds. The third kappa shape index (κ3) is 5.05. The molecule has 7 aromatic carbocycles. The lowest BCUT2D eigenvalue weighted by Gasteiger charge is -2.26. The molecule has 3 nitrogen and oxygen atoms in total. The molecule has 0 spiro atoms. The molecule has 0 unspecified atom stereocenters. The van der Waals surface area contributed by atoms with Gasteiger partial charge in [-0.2, -0.15) is 0 Å². The topological polar surface area (TPSA) is 29.3 Å². The average molecular weight is 621 g/mol. The van der Waals surface area contributed by atoms with E-state index in [1.165, 1.54) is 15.8 Å². The number of fused-ring (bicyclic) bond motifs is 4. The number of hydrogen-bond acceptors (Lipinski definition) is 4. The molecule has 0 bridgehead atoms. The van der Waals surface area contributed by atoms with Gasteiger partial charge in [-0.15, -0.1) is 11.3 Å². The summed E-state index contributed by atoms with van der Waals surface area (Å²) in [6.45, 7) is 0. The Morgan fingerprint density at radius 2 is 1.00 bits per heavy atom. The van der Waals surface area contributed by atoms with Crippen LogP contribution in [-0.2, 0) is 0 Å². The Morgan fingerprint density at radius 1 is 0.426 bits per heavy atom. The summed E-state index contributed by atoms with van der Waals surface area (Å²) < 4.78 is 7.53. The summed E-state index contributed by atoms with van der Waals surface area (Å²) in [5.74, 6) is 0. The minimum absolute atomic E-state index is 0.876. The second-order valence-corrected chi connectivity index (χ2v) is 12.7. The van der Waals surface area contributed by atoms with Gasteiger partial charge >= 0.3 is 0 Å². The molecule has 9 rings (SSSR count). The summed E-state index contributed by atoms with van der Waals surface area (Å²) in [6, 6.07) is 59.8. The minimum atomic E-state index is 0.876. The molecule has 0 aliphatic heterocycles. The number of rotatable bonds is 6. The molecule has 2 aromatic heterocycles. The molecule has 2 heterocycles. The number of aromatic nitrogens is 1. The number of nitrogens with zero attached hydrogens (tertiary/aromatic N) is 2. The lowest BCUT2D eigenvalue weighted by molar-refractivity contribution is 0.669. The molecule has 0 aliphatic carbocycles. The third-order valence-electron chi connectivity index (χ3n) is 8.72. The Labute approximate surface area is 276 Å². The van der Waals surface area contributed by atoms with Gasteiger partial charge < -0.3 is 9.32 Å². The fourth-order valence-electron chi connectivity index (χ4n) is 6.35. The Balaban J connectivity index is 1.04. The highest BCUT2D eigenvalue weighted by atomic mass is 32.1. The van der Waals surface area contributed by atoms with Gasteiger partial charge in [0.2, 0.25) is 0 Å². The van der Waals surface area contributed by atoms with E-state index in [1.807, 2.05) is 6.07 Å². The van der Waals surface area contributed by atoms with Crippen molar-refractivity contribution in [2.45, 2.75) is 0 Å². The summed E-state index contributed by atoms with van der Waals surface area (Å²) in [6.07, 6.45) is 0. The maximum absolute atomic E-state index is 6.33. The lowest BCUT2D eigenvalue weighted by atomic mass is 10.0. The van der Waals surface area contributed by atoms with Gasteiger partial charge in [0.15, 0.2) is 0 Å². The number of para-hydroxylation sites is 2. The minimum Gasteiger partial charge on any atom is -0.456 e. The molecule has 0 aliphatic rings. The fourth-order valence-corrected chi connectivity index (χ4v) is 7.31. The van der Waals surface area contributed by atoms with Crippen LogP contribution in [0.2, 0.25) is 0 Å². The van der Waals surface area contributed by atoms with Crippen molar-refractivity contribution in [1.29, 1.82) is 0 Å². The molecule has 0 N–H and O–H groups in total. The van der Waals surface area contributed by atoms with E-state index in [4.69, 9.17) is 9.40 Å². The van der Waals surface area contributed by atoms with Crippen LogP contribution in [-0.4, -0.2) is 4.98 Å². The third-order valence-corrected chi connectivity index (χ3v) is 9.80. The second kappa shape index (κ2) is 11.4. The Hall–Kier alpha value is -5.97. The van der Waals surface area contributed by atoms with Gasteiger partial charge in [0.25, 0.3) is 0 Å². The Bertz CT molecular complexity index is 2460. The first-order valence-electron chi connectivity index (χ1n) is 15.7. The van der Waals surface area contributed by atoms with E-state index in [0.717, 1.165) is 66.2 Å². The van der Waals surface area contributed by atoms with E-state index < -0.39 is 0 Å². The zero-order valence-electron chi connectivity index (χ0n) is 25.4. The van der Waals surface area contributed by atoms with Gasteiger partial charge in [-0.3, -0.25) is 0 Å². The predicted octanol–water partition coefficient (Wildman–Crippen LogP) is 12.7. The molecular formula is C43H28N2OS. The zero-order chi connectivity index (χ0) is 31.2. The molecule has 4 heteroatoms. The van der Waals surface area contributed by atoms with Crippen molar-refractivity contribution >= 4 is 60.6 Å². The van der Waals surface area contributed by atoms with E-state index in [0.29, 0.717) is 0 Å². The first-order chi connectivity index (χ1) is 23.3. The van der Waals surface area contributed by atoms with Crippen LogP contribution in [0.5, 0.6) is 0 Å². The SMILES string of the molecule is c1ccc(-c2ccc(N(c3ccccc3)c3ccc(-c4ccc5oc6cc(-c7nc8ccccc8s7)ccc6c5c4)cc3)cc2)cc1. The van der Waals surface area contributed by atoms with Gasteiger partial charge in [0, 0.05) is 33.4 Å². The highest BCUT2D eigenvalue weighted by Gasteiger charge is 2.15. The first kappa shape index (κ1) is 27.3. The van der Waals surface area contributed by atoms with Gasteiger partial charge in [-0.05, 0) is 95.1 Å². The van der Waals surface area contributed by atoms with Crippen molar-refractivity contribution in [3.8, 4) is 32.8 Å². The summed E-state index contributed by atoms with van der Waals surface area (Å²) in [7, 11) is 0. The van der Waals surface area contributed by atoms with Crippen molar-refractivity contribution in [3.63, 3.8) is 0 Å². The van der Waals surface area contributed by atoms with Crippen molar-refractivity contribution in [2.24, 2.45) is 0 Å². The largest absolute Gasteiger partial charge is 0.456 e.